The van der Waals surface area contributed by atoms with Crippen LogP contribution in [0.25, 0.3) is 0 Å². The Hall–Kier alpha value is -1.71. The van der Waals surface area contributed by atoms with Crippen molar-refractivity contribution in [3.05, 3.63) is 53.1 Å². The zero-order chi connectivity index (χ0) is 13.7. The minimum atomic E-state index is 0.503. The Labute approximate surface area is 117 Å². The van der Waals surface area contributed by atoms with Gasteiger partial charge in [0, 0.05) is 12.8 Å². The SMILES string of the molecule is COCCc1ccc(Oc2ccc(N)cc2Cl)cc1. The molecule has 0 heterocycles. The highest BCUT2D eigenvalue weighted by molar-refractivity contribution is 6.32. The van der Waals surface area contributed by atoms with Crippen molar-refractivity contribution in [2.24, 2.45) is 0 Å². The molecule has 19 heavy (non-hydrogen) atoms. The van der Waals surface area contributed by atoms with Gasteiger partial charge >= 0.3 is 0 Å². The Balaban J connectivity index is 2.06. The van der Waals surface area contributed by atoms with E-state index in [-0.39, 0.29) is 0 Å². The van der Waals surface area contributed by atoms with Crippen LogP contribution < -0.4 is 10.5 Å². The lowest BCUT2D eigenvalue weighted by Gasteiger charge is -2.09. The van der Waals surface area contributed by atoms with Gasteiger partial charge in [-0.3, -0.25) is 0 Å². The number of methoxy groups -OCH3 is 1. The summed E-state index contributed by atoms with van der Waals surface area (Å²) in [6, 6.07) is 13.0. The molecule has 0 aliphatic heterocycles. The Bertz CT molecular complexity index is 540. The number of hydrogen-bond donors (Lipinski definition) is 1. The van der Waals surface area contributed by atoms with E-state index in [2.05, 4.69) is 0 Å². The van der Waals surface area contributed by atoms with Crippen LogP contribution in [-0.4, -0.2) is 13.7 Å². The number of hydrogen-bond acceptors (Lipinski definition) is 3. The Morgan fingerprint density at radius 2 is 1.84 bits per heavy atom. The lowest BCUT2D eigenvalue weighted by Crippen LogP contribution is -1.94. The first-order valence-corrected chi connectivity index (χ1v) is 6.37. The van der Waals surface area contributed by atoms with E-state index in [9.17, 15) is 0 Å². The van der Waals surface area contributed by atoms with Crippen LogP contribution in [0.4, 0.5) is 5.69 Å². The van der Waals surface area contributed by atoms with Crippen LogP contribution in [0.1, 0.15) is 5.56 Å². The van der Waals surface area contributed by atoms with Gasteiger partial charge in [0.25, 0.3) is 0 Å². The molecule has 0 unspecified atom stereocenters. The van der Waals surface area contributed by atoms with Gasteiger partial charge in [-0.05, 0) is 42.3 Å². The monoisotopic (exact) mass is 277 g/mol. The summed E-state index contributed by atoms with van der Waals surface area (Å²) >= 11 is 6.06. The standard InChI is InChI=1S/C15H16ClNO2/c1-18-9-8-11-2-5-13(6-3-11)19-15-7-4-12(17)10-14(15)16/h2-7,10H,8-9,17H2,1H3. The highest BCUT2D eigenvalue weighted by Gasteiger charge is 2.03. The summed E-state index contributed by atoms with van der Waals surface area (Å²) in [7, 11) is 1.70. The number of nitrogen functional groups attached to an aromatic ring is 1. The van der Waals surface area contributed by atoms with Gasteiger partial charge in [-0.1, -0.05) is 23.7 Å². The molecule has 100 valence electrons. The van der Waals surface area contributed by atoms with Crippen LogP contribution >= 0.6 is 11.6 Å². The van der Waals surface area contributed by atoms with Gasteiger partial charge in [-0.15, -0.1) is 0 Å². The Kier molecular flexibility index (Phi) is 4.66. The van der Waals surface area contributed by atoms with Crippen LogP contribution in [0.2, 0.25) is 5.02 Å². The second-order valence-corrected chi connectivity index (χ2v) is 4.59. The van der Waals surface area contributed by atoms with Crippen LogP contribution in [0, 0.1) is 0 Å². The highest BCUT2D eigenvalue weighted by Crippen LogP contribution is 2.30. The topological polar surface area (TPSA) is 44.5 Å². The molecule has 0 spiro atoms. The van der Waals surface area contributed by atoms with Crippen molar-refractivity contribution in [2.45, 2.75) is 6.42 Å². The summed E-state index contributed by atoms with van der Waals surface area (Å²) in [4.78, 5) is 0. The molecule has 0 bridgehead atoms. The van der Waals surface area contributed by atoms with Crippen LogP contribution in [0.15, 0.2) is 42.5 Å². The quantitative estimate of drug-likeness (QED) is 0.843. The summed E-state index contributed by atoms with van der Waals surface area (Å²) in [5, 5.41) is 0.503. The zero-order valence-electron chi connectivity index (χ0n) is 10.7. The summed E-state index contributed by atoms with van der Waals surface area (Å²) < 4.78 is 10.7. The first-order chi connectivity index (χ1) is 9.19. The third-order valence-electron chi connectivity index (χ3n) is 2.70. The molecule has 2 rings (SSSR count). The molecule has 0 aliphatic rings. The molecule has 2 aromatic carbocycles. The van der Waals surface area contributed by atoms with Crippen LogP contribution in [0.5, 0.6) is 11.5 Å². The fourth-order valence-electron chi connectivity index (χ4n) is 1.67. The number of benzene rings is 2. The molecule has 0 radical (unpaired) electrons. The maximum absolute atomic E-state index is 6.06. The molecule has 0 saturated carbocycles. The maximum Gasteiger partial charge on any atom is 0.146 e. The summed E-state index contributed by atoms with van der Waals surface area (Å²) in [5.74, 6) is 1.34. The molecule has 2 N–H and O–H groups in total. The molecule has 0 aromatic heterocycles. The van der Waals surface area contributed by atoms with Gasteiger partial charge in [0.15, 0.2) is 0 Å². The van der Waals surface area contributed by atoms with E-state index in [4.69, 9.17) is 26.8 Å². The molecule has 0 amide bonds. The molecular formula is C15H16ClNO2. The van der Waals surface area contributed by atoms with Crippen LogP contribution in [-0.2, 0) is 11.2 Å². The van der Waals surface area contributed by atoms with E-state index in [0.717, 1.165) is 12.2 Å². The molecule has 2 aromatic rings. The van der Waals surface area contributed by atoms with E-state index in [0.29, 0.717) is 23.1 Å². The van der Waals surface area contributed by atoms with Crippen molar-refractivity contribution in [1.29, 1.82) is 0 Å². The van der Waals surface area contributed by atoms with E-state index in [1.165, 1.54) is 5.56 Å². The minimum Gasteiger partial charge on any atom is -0.456 e. The fourth-order valence-corrected chi connectivity index (χ4v) is 1.90. The molecule has 0 atom stereocenters. The summed E-state index contributed by atoms with van der Waals surface area (Å²) in [5.41, 5.74) is 7.46. The van der Waals surface area contributed by atoms with Crippen molar-refractivity contribution in [3.63, 3.8) is 0 Å². The second-order valence-electron chi connectivity index (χ2n) is 4.18. The van der Waals surface area contributed by atoms with Gasteiger partial charge < -0.3 is 15.2 Å². The first kappa shape index (κ1) is 13.7. The van der Waals surface area contributed by atoms with Gasteiger partial charge in [-0.2, -0.15) is 0 Å². The minimum absolute atomic E-state index is 0.503. The third kappa shape index (κ3) is 3.88. The number of ether oxygens (including phenoxy) is 2. The van der Waals surface area contributed by atoms with E-state index >= 15 is 0 Å². The maximum atomic E-state index is 6.06. The van der Waals surface area contributed by atoms with E-state index < -0.39 is 0 Å². The Morgan fingerprint density at radius 3 is 2.47 bits per heavy atom. The zero-order valence-corrected chi connectivity index (χ0v) is 11.5. The number of anilines is 1. The molecule has 3 nitrogen and oxygen atoms in total. The van der Waals surface area contributed by atoms with Crippen molar-refractivity contribution in [3.8, 4) is 11.5 Å². The smallest absolute Gasteiger partial charge is 0.146 e. The van der Waals surface area contributed by atoms with E-state index in [1.54, 1.807) is 25.3 Å². The lowest BCUT2D eigenvalue weighted by molar-refractivity contribution is 0.202. The number of rotatable bonds is 5. The van der Waals surface area contributed by atoms with Gasteiger partial charge in [-0.25, -0.2) is 0 Å². The average Bonchev–Trinajstić information content (AvgIpc) is 2.41. The van der Waals surface area contributed by atoms with Crippen molar-refractivity contribution < 1.29 is 9.47 Å². The molecule has 4 heteroatoms. The second kappa shape index (κ2) is 6.45. The van der Waals surface area contributed by atoms with Crippen molar-refractivity contribution >= 4 is 17.3 Å². The first-order valence-electron chi connectivity index (χ1n) is 6.00. The van der Waals surface area contributed by atoms with Gasteiger partial charge in [0.05, 0.1) is 11.6 Å². The van der Waals surface area contributed by atoms with E-state index in [1.807, 2.05) is 24.3 Å². The third-order valence-corrected chi connectivity index (χ3v) is 3.00. The predicted molar refractivity (Wildman–Crippen MR) is 78.0 cm³/mol. The molecule has 0 saturated heterocycles. The summed E-state index contributed by atoms with van der Waals surface area (Å²) in [6.07, 6.45) is 0.888. The normalized spacial score (nSPS) is 10.4. The summed E-state index contributed by atoms with van der Waals surface area (Å²) in [6.45, 7) is 0.712. The van der Waals surface area contributed by atoms with Crippen LogP contribution in [0.3, 0.4) is 0 Å². The molecular weight excluding hydrogens is 262 g/mol. The Morgan fingerprint density at radius 1 is 1.11 bits per heavy atom. The lowest BCUT2D eigenvalue weighted by atomic mass is 10.1. The van der Waals surface area contributed by atoms with Crippen molar-refractivity contribution in [2.75, 3.05) is 19.5 Å². The largest absolute Gasteiger partial charge is 0.456 e. The predicted octanol–water partition coefficient (Wildman–Crippen LogP) is 3.90. The fraction of sp³-hybridized carbons (Fsp3) is 0.200. The highest BCUT2D eigenvalue weighted by atomic mass is 35.5. The molecule has 0 fully saturated rings. The molecule has 0 aliphatic carbocycles. The van der Waals surface area contributed by atoms with Gasteiger partial charge in [0.1, 0.15) is 11.5 Å². The van der Waals surface area contributed by atoms with Gasteiger partial charge in [0.2, 0.25) is 0 Å². The average molecular weight is 278 g/mol. The van der Waals surface area contributed by atoms with Crippen molar-refractivity contribution in [1.82, 2.24) is 0 Å². The number of halogens is 1. The number of nitrogens with two attached hydrogens (primary N) is 1.